The number of ether oxygens (including phenoxy) is 1. The van der Waals surface area contributed by atoms with E-state index in [0.717, 1.165) is 11.3 Å². The summed E-state index contributed by atoms with van der Waals surface area (Å²) in [7, 11) is 1.60. The summed E-state index contributed by atoms with van der Waals surface area (Å²) in [6.45, 7) is 2.04. The van der Waals surface area contributed by atoms with Crippen LogP contribution in [0.2, 0.25) is 5.15 Å². The van der Waals surface area contributed by atoms with Crippen LogP contribution < -0.4 is 4.74 Å². The van der Waals surface area contributed by atoms with E-state index in [1.54, 1.807) is 17.7 Å². The molecule has 0 aliphatic heterocycles. The van der Waals surface area contributed by atoms with Crippen LogP contribution in [0.25, 0.3) is 16.9 Å². The number of nitrogens with zero attached hydrogens (tertiary/aromatic N) is 3. The van der Waals surface area contributed by atoms with E-state index < -0.39 is 0 Å². The molecule has 19 heavy (non-hydrogen) atoms. The van der Waals surface area contributed by atoms with Crippen LogP contribution in [-0.2, 0) is 0 Å². The van der Waals surface area contributed by atoms with Gasteiger partial charge in [0.25, 0.3) is 0 Å². The summed E-state index contributed by atoms with van der Waals surface area (Å²) in [5.74, 6) is 0.586. The van der Waals surface area contributed by atoms with E-state index in [-0.39, 0.29) is 0 Å². The van der Waals surface area contributed by atoms with Crippen molar-refractivity contribution in [3.05, 3.63) is 47.1 Å². The Balaban J connectivity index is 2.29. The molecule has 0 N–H and O–H groups in total. The van der Waals surface area contributed by atoms with Gasteiger partial charge in [-0.25, -0.2) is 4.98 Å². The molecular formula is C14H12ClN3O. The van der Waals surface area contributed by atoms with Gasteiger partial charge in [0.1, 0.15) is 10.8 Å². The van der Waals surface area contributed by atoms with Crippen LogP contribution in [0, 0.1) is 6.92 Å². The smallest absolute Gasteiger partial charge is 0.243 e. The molecule has 5 heteroatoms. The summed E-state index contributed by atoms with van der Waals surface area (Å²) in [4.78, 5) is 4.55. The zero-order valence-electron chi connectivity index (χ0n) is 10.6. The molecule has 2 aromatic heterocycles. The van der Waals surface area contributed by atoms with E-state index in [1.807, 2.05) is 31.2 Å². The van der Waals surface area contributed by atoms with Crippen molar-refractivity contribution in [1.29, 1.82) is 0 Å². The predicted molar refractivity (Wildman–Crippen MR) is 74.7 cm³/mol. The lowest BCUT2D eigenvalue weighted by Gasteiger charge is -2.03. The van der Waals surface area contributed by atoms with E-state index in [4.69, 9.17) is 16.3 Å². The zero-order valence-corrected chi connectivity index (χ0v) is 11.3. The number of methoxy groups -OCH3 is 1. The Kier molecular flexibility index (Phi) is 2.87. The van der Waals surface area contributed by atoms with E-state index >= 15 is 0 Å². The Morgan fingerprint density at radius 3 is 2.79 bits per heavy atom. The summed E-state index contributed by atoms with van der Waals surface area (Å²) in [5, 5.41) is 4.61. The summed E-state index contributed by atoms with van der Waals surface area (Å²) in [6, 6.07) is 11.6. The predicted octanol–water partition coefficient (Wildman–Crippen LogP) is 3.37. The molecule has 0 fully saturated rings. The fourth-order valence-electron chi connectivity index (χ4n) is 2.05. The highest BCUT2D eigenvalue weighted by Gasteiger charge is 2.15. The average Bonchev–Trinajstić information content (AvgIpc) is 2.76. The van der Waals surface area contributed by atoms with Gasteiger partial charge in [-0.05, 0) is 25.1 Å². The maximum absolute atomic E-state index is 5.91. The van der Waals surface area contributed by atoms with Crippen molar-refractivity contribution in [2.75, 3.05) is 7.11 Å². The van der Waals surface area contributed by atoms with Crippen molar-refractivity contribution >= 4 is 17.2 Å². The van der Waals surface area contributed by atoms with Crippen molar-refractivity contribution in [2.24, 2.45) is 0 Å². The van der Waals surface area contributed by atoms with E-state index in [2.05, 4.69) is 16.1 Å². The molecule has 0 spiro atoms. The van der Waals surface area contributed by atoms with Crippen LogP contribution in [-0.4, -0.2) is 21.7 Å². The van der Waals surface area contributed by atoms with Gasteiger partial charge in [-0.15, -0.1) is 0 Å². The summed E-state index contributed by atoms with van der Waals surface area (Å²) >= 11 is 5.91. The van der Waals surface area contributed by atoms with Crippen molar-refractivity contribution in [2.45, 2.75) is 6.92 Å². The van der Waals surface area contributed by atoms with Gasteiger partial charge in [-0.3, -0.25) is 0 Å². The van der Waals surface area contributed by atoms with Crippen LogP contribution in [0.3, 0.4) is 0 Å². The zero-order chi connectivity index (χ0) is 13.4. The Labute approximate surface area is 115 Å². The van der Waals surface area contributed by atoms with E-state index in [0.29, 0.717) is 16.7 Å². The van der Waals surface area contributed by atoms with Crippen LogP contribution in [0.15, 0.2) is 36.4 Å². The molecule has 96 valence electrons. The Hall–Kier alpha value is -2.07. The fraction of sp³-hybridized carbons (Fsp3) is 0.143. The third kappa shape index (κ3) is 2.04. The molecule has 0 saturated heterocycles. The average molecular weight is 274 g/mol. The maximum Gasteiger partial charge on any atom is 0.243 e. The van der Waals surface area contributed by atoms with Crippen molar-refractivity contribution in [3.63, 3.8) is 0 Å². The number of halogens is 1. The number of aryl methyl sites for hydroxylation is 1. The first-order valence-electron chi connectivity index (χ1n) is 5.85. The SMILES string of the molecule is COc1c(-c2cccc(C)c2)nc2ccc(Cl)nn12. The Morgan fingerprint density at radius 2 is 2.05 bits per heavy atom. The molecule has 4 nitrogen and oxygen atoms in total. The molecular weight excluding hydrogens is 262 g/mol. The van der Waals surface area contributed by atoms with Gasteiger partial charge in [0.05, 0.1) is 7.11 Å². The fourth-order valence-corrected chi connectivity index (χ4v) is 2.19. The number of hydrogen-bond donors (Lipinski definition) is 0. The Morgan fingerprint density at radius 1 is 1.21 bits per heavy atom. The third-order valence-corrected chi connectivity index (χ3v) is 3.09. The number of rotatable bonds is 2. The number of imidazole rings is 1. The van der Waals surface area contributed by atoms with Gasteiger partial charge in [-0.1, -0.05) is 35.4 Å². The molecule has 3 aromatic rings. The minimum atomic E-state index is 0.402. The molecule has 0 aliphatic rings. The molecule has 0 radical (unpaired) electrons. The number of hydrogen-bond acceptors (Lipinski definition) is 3. The van der Waals surface area contributed by atoms with Gasteiger partial charge >= 0.3 is 0 Å². The molecule has 2 heterocycles. The van der Waals surface area contributed by atoms with Crippen LogP contribution >= 0.6 is 11.6 Å². The van der Waals surface area contributed by atoms with Crippen molar-refractivity contribution in [3.8, 4) is 17.1 Å². The summed E-state index contributed by atoms with van der Waals surface area (Å²) < 4.78 is 7.04. The topological polar surface area (TPSA) is 39.4 Å². The monoisotopic (exact) mass is 273 g/mol. The molecule has 0 amide bonds. The quantitative estimate of drug-likeness (QED) is 0.719. The van der Waals surface area contributed by atoms with Gasteiger partial charge in [0.2, 0.25) is 5.88 Å². The largest absolute Gasteiger partial charge is 0.479 e. The summed E-state index contributed by atoms with van der Waals surface area (Å²) in [5.41, 5.74) is 3.64. The van der Waals surface area contributed by atoms with Gasteiger partial charge in [-0.2, -0.15) is 9.61 Å². The summed E-state index contributed by atoms with van der Waals surface area (Å²) in [6.07, 6.45) is 0. The van der Waals surface area contributed by atoms with E-state index in [9.17, 15) is 0 Å². The third-order valence-electron chi connectivity index (χ3n) is 2.89. The second kappa shape index (κ2) is 4.55. The standard InChI is InChI=1S/C14H12ClN3O/c1-9-4-3-5-10(8-9)13-14(19-2)18-12(16-13)7-6-11(15)17-18/h3-8H,1-2H3. The molecule has 0 saturated carbocycles. The molecule has 1 aromatic carbocycles. The first-order chi connectivity index (χ1) is 9.19. The first-order valence-corrected chi connectivity index (χ1v) is 6.23. The van der Waals surface area contributed by atoms with Gasteiger partial charge < -0.3 is 4.74 Å². The number of fused-ring (bicyclic) bond motifs is 1. The maximum atomic E-state index is 5.91. The van der Waals surface area contributed by atoms with E-state index in [1.165, 1.54) is 5.56 Å². The minimum Gasteiger partial charge on any atom is -0.479 e. The Bertz CT molecular complexity index is 752. The van der Waals surface area contributed by atoms with Crippen LogP contribution in [0.5, 0.6) is 5.88 Å². The number of benzene rings is 1. The first kappa shape index (κ1) is 12.0. The second-order valence-corrected chi connectivity index (χ2v) is 4.65. The lowest BCUT2D eigenvalue weighted by molar-refractivity contribution is 0.389. The highest BCUT2D eigenvalue weighted by atomic mass is 35.5. The molecule has 0 atom stereocenters. The number of aromatic nitrogens is 3. The lowest BCUT2D eigenvalue weighted by atomic mass is 10.1. The highest BCUT2D eigenvalue weighted by molar-refractivity contribution is 6.29. The minimum absolute atomic E-state index is 0.402. The normalized spacial score (nSPS) is 10.9. The molecule has 3 rings (SSSR count). The highest BCUT2D eigenvalue weighted by Crippen LogP contribution is 2.30. The van der Waals surface area contributed by atoms with Crippen molar-refractivity contribution in [1.82, 2.24) is 14.6 Å². The van der Waals surface area contributed by atoms with Crippen molar-refractivity contribution < 1.29 is 4.74 Å². The van der Waals surface area contributed by atoms with Gasteiger partial charge in [0, 0.05) is 5.56 Å². The molecule has 0 bridgehead atoms. The van der Waals surface area contributed by atoms with Crippen LogP contribution in [0.4, 0.5) is 0 Å². The van der Waals surface area contributed by atoms with Crippen LogP contribution in [0.1, 0.15) is 5.56 Å². The molecule has 0 aliphatic carbocycles. The molecule has 0 unspecified atom stereocenters. The van der Waals surface area contributed by atoms with Gasteiger partial charge in [0.15, 0.2) is 5.65 Å². The lowest BCUT2D eigenvalue weighted by Crippen LogP contribution is -1.95. The second-order valence-electron chi connectivity index (χ2n) is 4.27.